The second-order valence-corrected chi connectivity index (χ2v) is 4.44. The van der Waals surface area contributed by atoms with Crippen LogP contribution >= 0.6 is 0 Å². The van der Waals surface area contributed by atoms with Crippen LogP contribution in [0.4, 0.5) is 13.2 Å². The standard InChI is InChI=1S/C13H15F3O3/c1-8(2)9-5-3-4-6-10(9)19-11(7-12(17)18)13(14,15)16/h3-6,8,11H,7H2,1-2H3,(H,17,18). The van der Waals surface area contributed by atoms with Gasteiger partial charge in [-0.3, -0.25) is 4.79 Å². The number of hydrogen-bond acceptors (Lipinski definition) is 2. The van der Waals surface area contributed by atoms with E-state index in [-0.39, 0.29) is 11.7 Å². The number of aliphatic carboxylic acids is 1. The van der Waals surface area contributed by atoms with Gasteiger partial charge in [-0.1, -0.05) is 32.0 Å². The van der Waals surface area contributed by atoms with Crippen LogP contribution in [0, 0.1) is 0 Å². The van der Waals surface area contributed by atoms with E-state index in [0.29, 0.717) is 5.56 Å². The van der Waals surface area contributed by atoms with Crippen molar-refractivity contribution in [2.75, 3.05) is 0 Å². The van der Waals surface area contributed by atoms with Crippen LogP contribution in [0.25, 0.3) is 0 Å². The Labute approximate surface area is 109 Å². The number of ether oxygens (including phenoxy) is 1. The van der Waals surface area contributed by atoms with Crippen LogP contribution in [0.2, 0.25) is 0 Å². The molecular weight excluding hydrogens is 261 g/mol. The zero-order valence-electron chi connectivity index (χ0n) is 10.6. The molecule has 0 fully saturated rings. The average molecular weight is 276 g/mol. The van der Waals surface area contributed by atoms with Crippen molar-refractivity contribution in [3.63, 3.8) is 0 Å². The van der Waals surface area contributed by atoms with Gasteiger partial charge in [-0.15, -0.1) is 0 Å². The lowest BCUT2D eigenvalue weighted by Gasteiger charge is -2.22. The molecule has 1 unspecified atom stereocenters. The third kappa shape index (κ3) is 4.46. The van der Waals surface area contributed by atoms with E-state index in [1.54, 1.807) is 18.2 Å². The van der Waals surface area contributed by atoms with Crippen molar-refractivity contribution in [3.05, 3.63) is 29.8 Å². The zero-order valence-corrected chi connectivity index (χ0v) is 10.6. The predicted octanol–water partition coefficient (Wildman–Crippen LogP) is 3.59. The van der Waals surface area contributed by atoms with E-state index in [4.69, 9.17) is 9.84 Å². The van der Waals surface area contributed by atoms with E-state index in [1.807, 2.05) is 13.8 Å². The van der Waals surface area contributed by atoms with Gasteiger partial charge in [0.05, 0.1) is 6.42 Å². The van der Waals surface area contributed by atoms with Gasteiger partial charge >= 0.3 is 12.1 Å². The number of carboxylic acid groups (broad SMARTS) is 1. The normalized spacial score (nSPS) is 13.4. The fraction of sp³-hybridized carbons (Fsp3) is 0.462. The Kier molecular flexibility index (Phi) is 4.80. The molecule has 3 nitrogen and oxygen atoms in total. The van der Waals surface area contributed by atoms with Gasteiger partial charge in [-0.05, 0) is 17.5 Å². The fourth-order valence-electron chi connectivity index (χ4n) is 1.60. The largest absolute Gasteiger partial charge is 0.481 e. The highest BCUT2D eigenvalue weighted by atomic mass is 19.4. The van der Waals surface area contributed by atoms with Gasteiger partial charge in [0.25, 0.3) is 0 Å². The summed E-state index contributed by atoms with van der Waals surface area (Å²) in [6, 6.07) is 6.32. The Bertz CT molecular complexity index is 441. The zero-order chi connectivity index (χ0) is 14.6. The van der Waals surface area contributed by atoms with Crippen molar-refractivity contribution in [1.82, 2.24) is 0 Å². The molecule has 0 saturated heterocycles. The van der Waals surface area contributed by atoms with Crippen molar-refractivity contribution < 1.29 is 27.8 Å². The van der Waals surface area contributed by atoms with Gasteiger partial charge in [0.2, 0.25) is 6.10 Å². The summed E-state index contributed by atoms with van der Waals surface area (Å²) in [5, 5.41) is 8.52. The van der Waals surface area contributed by atoms with Crippen LogP contribution in [0.5, 0.6) is 5.75 Å². The van der Waals surface area contributed by atoms with Crippen molar-refractivity contribution in [3.8, 4) is 5.75 Å². The Morgan fingerprint density at radius 1 is 1.32 bits per heavy atom. The van der Waals surface area contributed by atoms with Crippen molar-refractivity contribution >= 4 is 5.97 Å². The van der Waals surface area contributed by atoms with E-state index in [0.717, 1.165) is 0 Å². The third-order valence-electron chi connectivity index (χ3n) is 2.54. The van der Waals surface area contributed by atoms with Crippen molar-refractivity contribution in [2.24, 2.45) is 0 Å². The van der Waals surface area contributed by atoms with Crippen LogP contribution in [0.3, 0.4) is 0 Å². The molecule has 0 heterocycles. The molecule has 0 bridgehead atoms. The molecule has 0 aliphatic rings. The smallest absolute Gasteiger partial charge is 0.426 e. The summed E-state index contributed by atoms with van der Waals surface area (Å²) < 4.78 is 43.0. The molecule has 0 spiro atoms. The molecule has 19 heavy (non-hydrogen) atoms. The van der Waals surface area contributed by atoms with E-state index in [1.165, 1.54) is 6.07 Å². The first-order valence-corrected chi connectivity index (χ1v) is 5.76. The molecule has 0 aliphatic heterocycles. The second-order valence-electron chi connectivity index (χ2n) is 4.44. The molecule has 0 saturated carbocycles. The number of para-hydroxylation sites is 1. The summed E-state index contributed by atoms with van der Waals surface area (Å²) in [5.74, 6) is -1.50. The van der Waals surface area contributed by atoms with Crippen LogP contribution < -0.4 is 4.74 Å². The minimum atomic E-state index is -4.72. The molecular formula is C13H15F3O3. The number of rotatable bonds is 5. The highest BCUT2D eigenvalue weighted by Crippen LogP contribution is 2.32. The summed E-state index contributed by atoms with van der Waals surface area (Å²) in [6.45, 7) is 3.64. The van der Waals surface area contributed by atoms with E-state index in [2.05, 4.69) is 0 Å². The van der Waals surface area contributed by atoms with Crippen molar-refractivity contribution in [2.45, 2.75) is 38.5 Å². The Morgan fingerprint density at radius 2 is 1.89 bits per heavy atom. The third-order valence-corrected chi connectivity index (χ3v) is 2.54. The molecule has 0 aliphatic carbocycles. The van der Waals surface area contributed by atoms with Crippen LogP contribution in [0.15, 0.2) is 24.3 Å². The minimum absolute atomic E-state index is 0.0186. The monoisotopic (exact) mass is 276 g/mol. The van der Waals surface area contributed by atoms with E-state index >= 15 is 0 Å². The maximum absolute atomic E-state index is 12.7. The molecule has 1 N–H and O–H groups in total. The first kappa shape index (κ1) is 15.3. The molecule has 6 heteroatoms. The molecule has 1 aromatic rings. The molecule has 106 valence electrons. The second kappa shape index (κ2) is 5.95. The topological polar surface area (TPSA) is 46.5 Å². The molecule has 0 radical (unpaired) electrons. The quantitative estimate of drug-likeness (QED) is 0.893. The molecule has 1 atom stereocenters. The molecule has 0 amide bonds. The van der Waals surface area contributed by atoms with E-state index in [9.17, 15) is 18.0 Å². The minimum Gasteiger partial charge on any atom is -0.481 e. The summed E-state index contributed by atoms with van der Waals surface area (Å²) in [6.07, 6.45) is -8.18. The number of alkyl halides is 3. The lowest BCUT2D eigenvalue weighted by molar-refractivity contribution is -0.200. The number of hydrogen-bond donors (Lipinski definition) is 1. The highest BCUT2D eigenvalue weighted by molar-refractivity contribution is 5.67. The van der Waals surface area contributed by atoms with Crippen molar-refractivity contribution in [1.29, 1.82) is 0 Å². The van der Waals surface area contributed by atoms with Crippen LogP contribution in [-0.4, -0.2) is 23.4 Å². The Balaban J connectivity index is 3.00. The summed E-state index contributed by atoms with van der Waals surface area (Å²) in [4.78, 5) is 10.5. The van der Waals surface area contributed by atoms with Gasteiger partial charge in [-0.2, -0.15) is 13.2 Å². The maximum Gasteiger partial charge on any atom is 0.426 e. The summed E-state index contributed by atoms with van der Waals surface area (Å²) in [7, 11) is 0. The van der Waals surface area contributed by atoms with Crippen LogP contribution in [-0.2, 0) is 4.79 Å². The van der Waals surface area contributed by atoms with Gasteiger partial charge < -0.3 is 9.84 Å². The lowest BCUT2D eigenvalue weighted by Crippen LogP contribution is -2.36. The number of carbonyl (C=O) groups is 1. The average Bonchev–Trinajstić information content (AvgIpc) is 2.26. The van der Waals surface area contributed by atoms with Gasteiger partial charge in [0.1, 0.15) is 5.75 Å². The fourth-order valence-corrected chi connectivity index (χ4v) is 1.60. The highest BCUT2D eigenvalue weighted by Gasteiger charge is 2.43. The Hall–Kier alpha value is -1.72. The van der Waals surface area contributed by atoms with Crippen LogP contribution in [0.1, 0.15) is 31.7 Å². The molecule has 1 aromatic carbocycles. The summed E-state index contributed by atoms with van der Waals surface area (Å²) >= 11 is 0. The SMILES string of the molecule is CC(C)c1ccccc1OC(CC(=O)O)C(F)(F)F. The molecule has 0 aromatic heterocycles. The van der Waals surface area contributed by atoms with Gasteiger partial charge in [-0.25, -0.2) is 0 Å². The first-order chi connectivity index (χ1) is 8.71. The number of carboxylic acids is 1. The van der Waals surface area contributed by atoms with E-state index < -0.39 is 24.7 Å². The van der Waals surface area contributed by atoms with Gasteiger partial charge in [0.15, 0.2) is 0 Å². The predicted molar refractivity (Wildman–Crippen MR) is 63.3 cm³/mol. The molecule has 1 rings (SSSR count). The number of halogens is 3. The Morgan fingerprint density at radius 3 is 2.37 bits per heavy atom. The maximum atomic E-state index is 12.7. The number of benzene rings is 1. The first-order valence-electron chi connectivity index (χ1n) is 5.76. The lowest BCUT2D eigenvalue weighted by atomic mass is 10.0. The summed E-state index contributed by atoms with van der Waals surface area (Å²) in [5.41, 5.74) is 0.613. The van der Waals surface area contributed by atoms with Gasteiger partial charge in [0, 0.05) is 0 Å².